The van der Waals surface area contributed by atoms with Gasteiger partial charge in [-0.2, -0.15) is 10.2 Å². The van der Waals surface area contributed by atoms with E-state index in [4.69, 9.17) is 21.1 Å². The van der Waals surface area contributed by atoms with Crippen LogP contribution in [0.2, 0.25) is 5.02 Å². The fraction of sp³-hybridized carbons (Fsp3) is 0.673. The predicted molar refractivity (Wildman–Crippen MR) is 263 cm³/mol. The van der Waals surface area contributed by atoms with Crippen LogP contribution in [-0.2, 0) is 19.4 Å². The van der Waals surface area contributed by atoms with Crippen LogP contribution in [0.25, 0.3) is 5.57 Å². The SMILES string of the molecule is CCS(=O)(=O)c1ccc(OC(CCCCCN2CCN(C3N4CC(C(=O)NC5C(C)(C)C(Oc6ccc(C#N)c(Cl)c6)C5(C)C)C[N+]3(C)C4C)CC2)C2CC2)c(C2=CN(C)C(=O)C3NCCC23)c1. The lowest BCUT2D eigenvalue weighted by molar-refractivity contribution is -1.05. The Hall–Kier alpha value is -3.75. The fourth-order valence-electron chi connectivity index (χ4n) is 13.3. The molecule has 8 atom stereocenters. The maximum atomic E-state index is 14.1. The van der Waals surface area contributed by atoms with Gasteiger partial charge in [0.05, 0.1) is 40.9 Å². The monoisotopic (exact) mass is 974 g/mol. The van der Waals surface area contributed by atoms with Crippen LogP contribution in [0.4, 0.5) is 0 Å². The molecule has 2 aromatic rings. The number of hydrogen-bond acceptors (Lipinski definition) is 11. The number of sulfone groups is 1. The Balaban J connectivity index is 0.741. The zero-order chi connectivity index (χ0) is 48.5. The summed E-state index contributed by atoms with van der Waals surface area (Å²) in [6.07, 6.45) is 9.90. The van der Waals surface area contributed by atoms with Gasteiger partial charge in [0, 0.05) is 87.3 Å². The number of benzene rings is 2. The smallest absolute Gasteiger partial charge is 0.244 e. The van der Waals surface area contributed by atoms with Gasteiger partial charge in [0.1, 0.15) is 41.9 Å². The third kappa shape index (κ3) is 8.98. The van der Waals surface area contributed by atoms with Crippen molar-refractivity contribution in [2.75, 3.05) is 72.2 Å². The normalized spacial score (nSPS) is 32.5. The van der Waals surface area contributed by atoms with Crippen LogP contribution in [0.1, 0.15) is 97.6 Å². The summed E-state index contributed by atoms with van der Waals surface area (Å²) in [7, 11) is 0.676. The van der Waals surface area contributed by atoms with Gasteiger partial charge in [0.15, 0.2) is 9.84 Å². The van der Waals surface area contributed by atoms with Crippen molar-refractivity contribution >= 4 is 38.8 Å². The number of nitriles is 1. The Labute approximate surface area is 409 Å². The highest BCUT2D eigenvalue weighted by Gasteiger charge is 2.67. The van der Waals surface area contributed by atoms with Gasteiger partial charge in [-0.3, -0.25) is 14.1 Å². The average Bonchev–Trinajstić information content (AvgIpc) is 4.05. The first-order chi connectivity index (χ1) is 32.3. The number of halogens is 1. The third-order valence-electron chi connectivity index (χ3n) is 17.2. The van der Waals surface area contributed by atoms with Gasteiger partial charge < -0.3 is 29.9 Å². The second-order valence-electron chi connectivity index (χ2n) is 22.4. The van der Waals surface area contributed by atoms with Gasteiger partial charge in [-0.1, -0.05) is 52.6 Å². The lowest BCUT2D eigenvalue weighted by Crippen LogP contribution is -2.89. The second kappa shape index (κ2) is 18.8. The third-order valence-corrected chi connectivity index (χ3v) is 19.3. The lowest BCUT2D eigenvalue weighted by Gasteiger charge is -2.69. The van der Waals surface area contributed by atoms with E-state index in [0.29, 0.717) is 39.6 Å². The van der Waals surface area contributed by atoms with E-state index in [9.17, 15) is 23.3 Å². The molecule has 8 unspecified atom stereocenters. The molecule has 2 aliphatic carbocycles. The van der Waals surface area contributed by atoms with Crippen molar-refractivity contribution in [2.24, 2.45) is 28.6 Å². The highest BCUT2D eigenvalue weighted by Crippen LogP contribution is 2.56. The number of nitrogens with zero attached hydrogens (tertiary/aromatic N) is 6. The number of nitrogens with one attached hydrogen (secondary N) is 2. The predicted octanol–water partition coefficient (Wildman–Crippen LogP) is 6.15. The van der Waals surface area contributed by atoms with E-state index < -0.39 is 9.84 Å². The molecule has 8 aliphatic rings. The molecule has 10 rings (SSSR count). The summed E-state index contributed by atoms with van der Waals surface area (Å²) in [5.41, 5.74) is 1.56. The van der Waals surface area contributed by atoms with Crippen LogP contribution < -0.4 is 20.1 Å². The van der Waals surface area contributed by atoms with Crippen LogP contribution in [0.3, 0.4) is 0 Å². The molecular weight excluding hydrogens is 900 g/mol. The molecule has 68 heavy (non-hydrogen) atoms. The van der Waals surface area contributed by atoms with Crippen molar-refractivity contribution < 1.29 is 32.0 Å². The van der Waals surface area contributed by atoms with Crippen molar-refractivity contribution in [3.63, 3.8) is 0 Å². The summed E-state index contributed by atoms with van der Waals surface area (Å²) >= 11 is 6.32. The number of unbranched alkanes of at least 4 members (excludes halogenated alkanes) is 2. The molecule has 0 aromatic heterocycles. The van der Waals surface area contributed by atoms with E-state index >= 15 is 0 Å². The Kier molecular flexibility index (Phi) is 13.6. The number of piperazine rings is 1. The Bertz CT molecular complexity index is 2430. The summed E-state index contributed by atoms with van der Waals surface area (Å²) in [6.45, 7) is 20.1. The first-order valence-corrected chi connectivity index (χ1v) is 27.3. The molecule has 0 spiro atoms. The van der Waals surface area contributed by atoms with Crippen molar-refractivity contribution in [3.8, 4) is 17.6 Å². The van der Waals surface area contributed by atoms with Crippen molar-refractivity contribution in [3.05, 3.63) is 58.7 Å². The number of ether oxygens (including phenoxy) is 2. The van der Waals surface area contributed by atoms with Crippen LogP contribution in [0.15, 0.2) is 47.5 Å². The van der Waals surface area contributed by atoms with Gasteiger partial charge in [-0.05, 0) is 93.4 Å². The van der Waals surface area contributed by atoms with Crippen molar-refractivity contribution in [1.29, 1.82) is 5.26 Å². The van der Waals surface area contributed by atoms with E-state index in [2.05, 4.69) is 73.1 Å². The van der Waals surface area contributed by atoms with E-state index in [1.54, 1.807) is 49.2 Å². The van der Waals surface area contributed by atoms with Crippen molar-refractivity contribution in [1.82, 2.24) is 30.2 Å². The quantitative estimate of drug-likeness (QED) is 0.139. The number of likely N-dealkylation sites (N-methyl/N-ethyl adjacent to an activating group) is 1. The largest absolute Gasteiger partial charge is 0.490 e. The van der Waals surface area contributed by atoms with Gasteiger partial charge >= 0.3 is 0 Å². The molecule has 2 saturated carbocycles. The summed E-state index contributed by atoms with van der Waals surface area (Å²) in [4.78, 5) is 36.8. The number of hydrogen-bond donors (Lipinski definition) is 2. The lowest BCUT2D eigenvalue weighted by atomic mass is 9.49. The highest BCUT2D eigenvalue weighted by molar-refractivity contribution is 7.91. The van der Waals surface area contributed by atoms with Gasteiger partial charge in [-0.15, -0.1) is 0 Å². The molecule has 16 heteroatoms. The van der Waals surface area contributed by atoms with Crippen LogP contribution in [0, 0.1) is 39.9 Å². The number of rotatable bonds is 17. The molecule has 370 valence electrons. The molecule has 7 fully saturated rings. The number of amides is 2. The molecule has 6 aliphatic heterocycles. The van der Waals surface area contributed by atoms with E-state index in [-0.39, 0.29) is 64.5 Å². The van der Waals surface area contributed by atoms with Crippen LogP contribution >= 0.6 is 11.6 Å². The maximum Gasteiger partial charge on any atom is 0.244 e. The zero-order valence-corrected chi connectivity index (χ0v) is 43.0. The average molecular weight is 975 g/mol. The number of carbonyl (C=O) groups is 2. The molecule has 2 N–H and O–H groups in total. The van der Waals surface area contributed by atoms with Gasteiger partial charge in [0.2, 0.25) is 18.1 Å². The Morgan fingerprint density at radius 2 is 1.78 bits per heavy atom. The molecule has 2 aromatic carbocycles. The Morgan fingerprint density at radius 3 is 2.44 bits per heavy atom. The van der Waals surface area contributed by atoms with E-state index in [0.717, 1.165) is 119 Å². The standard InChI is InChI=1S/C52H73ClN8O6S/c1-9-68(64,65)38-18-19-44(40(28-38)41-31-57(7)47(63)45-39(41)20-21-55-45)67-43(34-14-15-34)13-11-10-12-22-58-23-25-59(26-24-58)50-60-30-36(32-61(50,8)33(60)2)46(62)56-48-51(3,4)49(52(48,5)6)66-37-17-16-35(29-54)42(53)27-37/h16-19,27-28,31,33-34,36,39,43,45,48-50,55H,9-15,20-26,30,32H2,1-8H3/p+1. The van der Waals surface area contributed by atoms with E-state index in [1.807, 2.05) is 12.3 Å². The van der Waals surface area contributed by atoms with Crippen LogP contribution in [-0.4, -0.2) is 153 Å². The summed E-state index contributed by atoms with van der Waals surface area (Å²) in [5.74, 6) is 1.94. The molecule has 0 radical (unpaired) electrons. The fourth-order valence-corrected chi connectivity index (χ4v) is 14.4. The maximum absolute atomic E-state index is 14.1. The summed E-state index contributed by atoms with van der Waals surface area (Å²) in [6, 6.07) is 12.2. The zero-order valence-electron chi connectivity index (χ0n) is 41.5. The first-order valence-electron chi connectivity index (χ1n) is 25.3. The number of quaternary nitrogens is 1. The highest BCUT2D eigenvalue weighted by atomic mass is 35.5. The molecule has 14 nitrogen and oxygen atoms in total. The number of carbonyl (C=O) groups excluding carboxylic acids is 2. The molecule has 6 heterocycles. The summed E-state index contributed by atoms with van der Waals surface area (Å²) in [5, 5.41) is 16.5. The topological polar surface area (TPSA) is 148 Å². The van der Waals surface area contributed by atoms with Crippen LogP contribution in [0.5, 0.6) is 11.5 Å². The minimum atomic E-state index is -3.44. The van der Waals surface area contributed by atoms with Crippen molar-refractivity contribution in [2.45, 2.75) is 128 Å². The Morgan fingerprint density at radius 1 is 1.04 bits per heavy atom. The molecule has 2 bridgehead atoms. The summed E-state index contributed by atoms with van der Waals surface area (Å²) < 4.78 is 40.4. The second-order valence-corrected chi connectivity index (χ2v) is 25.1. The molecular formula is C52H74ClN8O6S+. The first kappa shape index (κ1) is 49.2. The minimum Gasteiger partial charge on any atom is -0.490 e. The molecule has 5 saturated heterocycles. The minimum absolute atomic E-state index is 0.0240. The van der Waals surface area contributed by atoms with Gasteiger partial charge in [-0.25, -0.2) is 13.3 Å². The molecule has 2 amide bonds. The van der Waals surface area contributed by atoms with Gasteiger partial charge in [0.25, 0.3) is 0 Å². The van der Waals surface area contributed by atoms with E-state index in [1.165, 1.54) is 0 Å². The number of fused-ring (bicyclic) bond motifs is 3.